The average molecular weight is 389 g/mol. The number of benzene rings is 2. The van der Waals surface area contributed by atoms with Gasteiger partial charge in [-0.25, -0.2) is 4.99 Å². The van der Waals surface area contributed by atoms with Crippen molar-refractivity contribution in [3.8, 4) is 5.75 Å². The molecule has 2 aromatic rings. The third-order valence-electron chi connectivity index (χ3n) is 3.10. The van der Waals surface area contributed by atoms with Gasteiger partial charge in [0.1, 0.15) is 11.4 Å². The lowest BCUT2D eigenvalue weighted by Crippen LogP contribution is -2.19. The fourth-order valence-electron chi connectivity index (χ4n) is 2.06. The molecule has 3 rings (SSSR count). The molecule has 1 aliphatic heterocycles. The van der Waals surface area contributed by atoms with E-state index in [9.17, 15) is 4.79 Å². The molecule has 4 nitrogen and oxygen atoms in total. The minimum atomic E-state index is -0.149. The molecule has 1 N–H and O–H groups in total. The van der Waals surface area contributed by atoms with Gasteiger partial charge >= 0.3 is 0 Å². The second-order valence-corrected chi connectivity index (χ2v) is 6.65. The Morgan fingerprint density at radius 3 is 2.83 bits per heavy atom. The molecule has 23 heavy (non-hydrogen) atoms. The van der Waals surface area contributed by atoms with Gasteiger partial charge in [0.2, 0.25) is 0 Å². The standard InChI is InChI=1S/C17H13BrN2O2S/c1-22-14-8-3-2-7-13(14)19-17-20-16(21)15(23-17)10-11-5-4-6-12(18)9-11/h2-10H,1H3,(H,19,20,21)/b15-10-. The molecule has 0 bridgehead atoms. The highest BCUT2D eigenvalue weighted by molar-refractivity contribution is 9.10. The molecule has 0 unspecified atom stereocenters. The predicted molar refractivity (Wildman–Crippen MR) is 97.9 cm³/mol. The van der Waals surface area contributed by atoms with Gasteiger partial charge in [-0.3, -0.25) is 4.79 Å². The molecule has 1 amide bonds. The number of halogens is 1. The van der Waals surface area contributed by atoms with Gasteiger partial charge in [0.05, 0.1) is 12.0 Å². The van der Waals surface area contributed by atoms with Gasteiger partial charge in [0.15, 0.2) is 5.17 Å². The number of hydrogen-bond acceptors (Lipinski definition) is 4. The number of amides is 1. The quantitative estimate of drug-likeness (QED) is 0.795. The average Bonchev–Trinajstić information content (AvgIpc) is 2.87. The summed E-state index contributed by atoms with van der Waals surface area (Å²) >= 11 is 4.74. The first-order valence-corrected chi connectivity index (χ1v) is 8.45. The van der Waals surface area contributed by atoms with Crippen molar-refractivity contribution in [3.63, 3.8) is 0 Å². The molecule has 0 aromatic heterocycles. The van der Waals surface area contributed by atoms with E-state index < -0.39 is 0 Å². The van der Waals surface area contributed by atoms with Crippen LogP contribution in [0.25, 0.3) is 6.08 Å². The van der Waals surface area contributed by atoms with Crippen molar-refractivity contribution >= 4 is 50.5 Å². The minimum absolute atomic E-state index is 0.149. The van der Waals surface area contributed by atoms with Crippen LogP contribution in [0.15, 0.2) is 62.9 Å². The fourth-order valence-corrected chi connectivity index (χ4v) is 3.31. The van der Waals surface area contributed by atoms with E-state index in [-0.39, 0.29) is 5.91 Å². The number of aliphatic imine (C=N–C) groups is 1. The number of para-hydroxylation sites is 2. The minimum Gasteiger partial charge on any atom is -0.494 e. The Bertz CT molecular complexity index is 818. The van der Waals surface area contributed by atoms with Gasteiger partial charge < -0.3 is 10.1 Å². The first-order chi connectivity index (χ1) is 11.2. The van der Waals surface area contributed by atoms with E-state index in [0.29, 0.717) is 21.5 Å². The maximum absolute atomic E-state index is 12.1. The summed E-state index contributed by atoms with van der Waals surface area (Å²) in [7, 11) is 1.60. The van der Waals surface area contributed by atoms with Crippen molar-refractivity contribution in [2.45, 2.75) is 0 Å². The van der Waals surface area contributed by atoms with E-state index in [1.807, 2.05) is 54.6 Å². The maximum Gasteiger partial charge on any atom is 0.264 e. The van der Waals surface area contributed by atoms with Crippen LogP contribution in [0.1, 0.15) is 5.56 Å². The van der Waals surface area contributed by atoms with Crippen LogP contribution >= 0.6 is 27.7 Å². The lowest BCUT2D eigenvalue weighted by molar-refractivity contribution is -0.115. The van der Waals surface area contributed by atoms with E-state index in [1.165, 1.54) is 11.8 Å². The number of methoxy groups -OCH3 is 1. The lowest BCUT2D eigenvalue weighted by Gasteiger charge is -2.03. The highest BCUT2D eigenvalue weighted by Gasteiger charge is 2.24. The van der Waals surface area contributed by atoms with Crippen LogP contribution in [-0.2, 0) is 4.79 Å². The summed E-state index contributed by atoms with van der Waals surface area (Å²) in [4.78, 5) is 17.2. The summed E-state index contributed by atoms with van der Waals surface area (Å²) in [5.41, 5.74) is 1.64. The largest absolute Gasteiger partial charge is 0.494 e. The Morgan fingerprint density at radius 1 is 1.22 bits per heavy atom. The zero-order valence-electron chi connectivity index (χ0n) is 12.2. The zero-order valence-corrected chi connectivity index (χ0v) is 14.6. The van der Waals surface area contributed by atoms with Crippen LogP contribution in [0.5, 0.6) is 5.75 Å². The molecule has 0 aliphatic carbocycles. The first kappa shape index (κ1) is 15.8. The van der Waals surface area contributed by atoms with E-state index in [4.69, 9.17) is 4.74 Å². The van der Waals surface area contributed by atoms with Gasteiger partial charge in [0, 0.05) is 4.47 Å². The van der Waals surface area contributed by atoms with Crippen LogP contribution in [0.4, 0.5) is 5.69 Å². The first-order valence-electron chi connectivity index (χ1n) is 6.84. The number of carbonyl (C=O) groups excluding carboxylic acids is 1. The Hall–Kier alpha value is -2.05. The van der Waals surface area contributed by atoms with Crippen LogP contribution in [-0.4, -0.2) is 18.2 Å². The number of hydrogen-bond donors (Lipinski definition) is 1. The topological polar surface area (TPSA) is 50.7 Å². The number of rotatable bonds is 3. The molecule has 116 valence electrons. The lowest BCUT2D eigenvalue weighted by atomic mass is 10.2. The van der Waals surface area contributed by atoms with Crippen molar-refractivity contribution in [2.75, 3.05) is 7.11 Å². The Morgan fingerprint density at radius 2 is 2.04 bits per heavy atom. The normalized spacial score (nSPS) is 17.6. The molecule has 0 radical (unpaired) electrons. The Labute approximate surface area is 146 Å². The number of ether oxygens (including phenoxy) is 1. The van der Waals surface area contributed by atoms with Gasteiger partial charge in [0.25, 0.3) is 5.91 Å². The van der Waals surface area contributed by atoms with E-state index in [2.05, 4.69) is 26.2 Å². The molecule has 6 heteroatoms. The second-order valence-electron chi connectivity index (χ2n) is 4.71. The molecule has 1 fully saturated rings. The number of carbonyl (C=O) groups is 1. The predicted octanol–water partition coefficient (Wildman–Crippen LogP) is 4.35. The third-order valence-corrected chi connectivity index (χ3v) is 4.51. The molecule has 2 aromatic carbocycles. The summed E-state index contributed by atoms with van der Waals surface area (Å²) in [6.07, 6.45) is 1.84. The number of nitrogens with one attached hydrogen (secondary N) is 1. The number of nitrogens with zero attached hydrogens (tertiary/aromatic N) is 1. The SMILES string of the molecule is COc1ccccc1N=C1NC(=O)/C(=C/c2cccc(Br)c2)S1. The number of amidine groups is 1. The molecular formula is C17H13BrN2O2S. The number of thioether (sulfide) groups is 1. The highest BCUT2D eigenvalue weighted by Crippen LogP contribution is 2.32. The monoisotopic (exact) mass is 388 g/mol. The van der Waals surface area contributed by atoms with Crippen molar-refractivity contribution in [1.82, 2.24) is 5.32 Å². The maximum atomic E-state index is 12.1. The van der Waals surface area contributed by atoms with E-state index >= 15 is 0 Å². The summed E-state index contributed by atoms with van der Waals surface area (Å²) in [6, 6.07) is 15.2. The van der Waals surface area contributed by atoms with E-state index in [1.54, 1.807) is 7.11 Å². The van der Waals surface area contributed by atoms with Crippen LogP contribution < -0.4 is 10.1 Å². The smallest absolute Gasteiger partial charge is 0.264 e. The third kappa shape index (κ3) is 3.83. The van der Waals surface area contributed by atoms with Gasteiger partial charge in [-0.05, 0) is 47.7 Å². The van der Waals surface area contributed by atoms with Gasteiger partial charge in [-0.2, -0.15) is 0 Å². The highest BCUT2D eigenvalue weighted by atomic mass is 79.9. The van der Waals surface area contributed by atoms with Crippen LogP contribution in [0, 0.1) is 0 Å². The molecule has 0 atom stereocenters. The fraction of sp³-hybridized carbons (Fsp3) is 0.0588. The van der Waals surface area contributed by atoms with Crippen molar-refractivity contribution in [2.24, 2.45) is 4.99 Å². The van der Waals surface area contributed by atoms with Crippen LogP contribution in [0.3, 0.4) is 0 Å². The van der Waals surface area contributed by atoms with Crippen LogP contribution in [0.2, 0.25) is 0 Å². The molecule has 0 saturated carbocycles. The molecule has 1 heterocycles. The summed E-state index contributed by atoms with van der Waals surface area (Å²) in [6.45, 7) is 0. The summed E-state index contributed by atoms with van der Waals surface area (Å²) in [5, 5.41) is 3.32. The van der Waals surface area contributed by atoms with E-state index in [0.717, 1.165) is 10.0 Å². The Kier molecular flexibility index (Phi) is 4.83. The van der Waals surface area contributed by atoms with Crippen molar-refractivity contribution in [1.29, 1.82) is 0 Å². The Balaban J connectivity index is 1.86. The summed E-state index contributed by atoms with van der Waals surface area (Å²) in [5.74, 6) is 0.517. The molecule has 1 aliphatic rings. The molecule has 1 saturated heterocycles. The second kappa shape index (κ2) is 7.02. The van der Waals surface area contributed by atoms with Gasteiger partial charge in [-0.15, -0.1) is 0 Å². The molecule has 0 spiro atoms. The summed E-state index contributed by atoms with van der Waals surface area (Å²) < 4.78 is 6.24. The van der Waals surface area contributed by atoms with Gasteiger partial charge in [-0.1, -0.05) is 40.2 Å². The zero-order chi connectivity index (χ0) is 16.2. The van der Waals surface area contributed by atoms with Crippen molar-refractivity contribution in [3.05, 3.63) is 63.5 Å². The molecular weight excluding hydrogens is 376 g/mol. The van der Waals surface area contributed by atoms with Crippen molar-refractivity contribution < 1.29 is 9.53 Å².